The van der Waals surface area contributed by atoms with Crippen molar-refractivity contribution in [3.8, 4) is 11.6 Å². The van der Waals surface area contributed by atoms with E-state index in [1.807, 2.05) is 38.1 Å². The summed E-state index contributed by atoms with van der Waals surface area (Å²) in [6.45, 7) is 3.99. The molecule has 0 aliphatic carbocycles. The quantitative estimate of drug-likeness (QED) is 0.733. The summed E-state index contributed by atoms with van der Waals surface area (Å²) in [4.78, 5) is 12.1. The van der Waals surface area contributed by atoms with Crippen LogP contribution in [0.4, 0.5) is 4.39 Å². The molecule has 0 unspecified atom stereocenters. The van der Waals surface area contributed by atoms with Gasteiger partial charge in [-0.2, -0.15) is 0 Å². The Balaban J connectivity index is 1.96. The first kappa shape index (κ1) is 17.8. The standard InChI is InChI=1S/C20H21FN2O3/c1-12(2)22-19(24)16-9-8-15-17(18(16)21)11-23(20(15)25)10-13-4-6-14(26-3)7-5-13/h4-9,11-12,25H,10H2,1-3H3,(H,22,24). The van der Waals surface area contributed by atoms with Crippen LogP contribution >= 0.6 is 0 Å². The maximum absolute atomic E-state index is 14.8. The molecular weight excluding hydrogens is 335 g/mol. The summed E-state index contributed by atoms with van der Waals surface area (Å²) in [6.07, 6.45) is 1.52. The van der Waals surface area contributed by atoms with Gasteiger partial charge in [-0.15, -0.1) is 0 Å². The number of methoxy groups -OCH3 is 1. The van der Waals surface area contributed by atoms with E-state index in [1.54, 1.807) is 17.7 Å². The highest BCUT2D eigenvalue weighted by Crippen LogP contribution is 2.31. The Kier molecular flexibility index (Phi) is 4.84. The summed E-state index contributed by atoms with van der Waals surface area (Å²) in [5, 5.41) is 13.7. The van der Waals surface area contributed by atoms with E-state index in [2.05, 4.69) is 5.32 Å². The molecule has 136 valence electrons. The first-order valence-electron chi connectivity index (χ1n) is 8.34. The highest BCUT2D eigenvalue weighted by atomic mass is 19.1. The van der Waals surface area contributed by atoms with Crippen molar-refractivity contribution in [1.82, 2.24) is 9.88 Å². The summed E-state index contributed by atoms with van der Waals surface area (Å²) in [6, 6.07) is 10.3. The van der Waals surface area contributed by atoms with Crippen molar-refractivity contribution >= 4 is 16.7 Å². The lowest BCUT2D eigenvalue weighted by atomic mass is 10.1. The first-order valence-corrected chi connectivity index (χ1v) is 8.34. The minimum atomic E-state index is -0.635. The van der Waals surface area contributed by atoms with Gasteiger partial charge in [-0.05, 0) is 43.7 Å². The molecule has 26 heavy (non-hydrogen) atoms. The molecule has 5 nitrogen and oxygen atoms in total. The Hall–Kier alpha value is -3.02. The van der Waals surface area contributed by atoms with E-state index in [-0.39, 0.29) is 22.9 Å². The second-order valence-corrected chi connectivity index (χ2v) is 6.45. The minimum Gasteiger partial charge on any atom is -0.497 e. The molecule has 0 spiro atoms. The molecule has 0 aliphatic heterocycles. The number of nitrogens with one attached hydrogen (secondary N) is 1. The number of aromatic hydroxyl groups is 1. The second kappa shape index (κ2) is 7.07. The van der Waals surface area contributed by atoms with Crippen LogP contribution in [0.5, 0.6) is 11.6 Å². The van der Waals surface area contributed by atoms with E-state index in [0.717, 1.165) is 11.3 Å². The zero-order valence-corrected chi connectivity index (χ0v) is 14.9. The summed E-state index contributed by atoms with van der Waals surface area (Å²) < 4.78 is 21.5. The molecule has 0 saturated heterocycles. The van der Waals surface area contributed by atoms with Crippen LogP contribution in [0.3, 0.4) is 0 Å². The van der Waals surface area contributed by atoms with Gasteiger partial charge in [-0.1, -0.05) is 12.1 Å². The number of aromatic nitrogens is 1. The lowest BCUT2D eigenvalue weighted by Gasteiger charge is -2.09. The second-order valence-electron chi connectivity index (χ2n) is 6.45. The Labute approximate surface area is 151 Å². The monoisotopic (exact) mass is 356 g/mol. The molecule has 0 aliphatic rings. The van der Waals surface area contributed by atoms with Crippen LogP contribution in [-0.2, 0) is 6.54 Å². The zero-order valence-electron chi connectivity index (χ0n) is 14.9. The highest BCUT2D eigenvalue weighted by Gasteiger charge is 2.19. The molecule has 6 heteroatoms. The largest absolute Gasteiger partial charge is 0.497 e. The topological polar surface area (TPSA) is 63.5 Å². The molecule has 1 aromatic heterocycles. The third-order valence-electron chi connectivity index (χ3n) is 4.15. The molecule has 0 bridgehead atoms. The fourth-order valence-electron chi connectivity index (χ4n) is 2.85. The molecule has 2 aromatic carbocycles. The van der Waals surface area contributed by atoms with Crippen molar-refractivity contribution < 1.29 is 19.0 Å². The number of hydrogen-bond acceptors (Lipinski definition) is 3. The minimum absolute atomic E-state index is 0.0344. The van der Waals surface area contributed by atoms with E-state index in [9.17, 15) is 14.3 Å². The average molecular weight is 356 g/mol. The fourth-order valence-corrected chi connectivity index (χ4v) is 2.85. The maximum atomic E-state index is 14.8. The molecule has 0 atom stereocenters. The van der Waals surface area contributed by atoms with Gasteiger partial charge in [0.05, 0.1) is 19.2 Å². The molecule has 1 amide bonds. The van der Waals surface area contributed by atoms with Gasteiger partial charge in [0.2, 0.25) is 0 Å². The Morgan fingerprint density at radius 2 is 1.88 bits per heavy atom. The summed E-state index contributed by atoms with van der Waals surface area (Å²) >= 11 is 0. The van der Waals surface area contributed by atoms with Gasteiger partial charge in [-0.3, -0.25) is 4.79 Å². The summed E-state index contributed by atoms with van der Waals surface area (Å²) in [5.74, 6) is -0.403. The van der Waals surface area contributed by atoms with Crippen LogP contribution < -0.4 is 10.1 Å². The highest BCUT2D eigenvalue weighted by molar-refractivity contribution is 6.00. The van der Waals surface area contributed by atoms with E-state index in [4.69, 9.17) is 4.74 Å². The lowest BCUT2D eigenvalue weighted by Crippen LogP contribution is -2.30. The van der Waals surface area contributed by atoms with E-state index in [0.29, 0.717) is 11.9 Å². The molecule has 2 N–H and O–H groups in total. The normalized spacial score (nSPS) is 11.1. The van der Waals surface area contributed by atoms with Crippen LogP contribution in [0.25, 0.3) is 10.8 Å². The first-order chi connectivity index (χ1) is 12.4. The van der Waals surface area contributed by atoms with Gasteiger partial charge < -0.3 is 19.7 Å². The Bertz CT molecular complexity index is 946. The van der Waals surface area contributed by atoms with Crippen molar-refractivity contribution in [3.63, 3.8) is 0 Å². The number of fused-ring (bicyclic) bond motifs is 1. The number of benzene rings is 2. The van der Waals surface area contributed by atoms with Crippen LogP contribution in [0.2, 0.25) is 0 Å². The van der Waals surface area contributed by atoms with Crippen molar-refractivity contribution in [1.29, 1.82) is 0 Å². The third-order valence-corrected chi connectivity index (χ3v) is 4.15. The molecule has 0 fully saturated rings. The van der Waals surface area contributed by atoms with Gasteiger partial charge in [0.25, 0.3) is 5.91 Å². The van der Waals surface area contributed by atoms with Gasteiger partial charge in [0.15, 0.2) is 5.88 Å². The number of carbonyl (C=O) groups is 1. The third kappa shape index (κ3) is 3.35. The Morgan fingerprint density at radius 3 is 2.50 bits per heavy atom. The average Bonchev–Trinajstić information content (AvgIpc) is 2.92. The molecule has 0 radical (unpaired) electrons. The van der Waals surface area contributed by atoms with Crippen molar-refractivity contribution in [3.05, 3.63) is 59.5 Å². The summed E-state index contributed by atoms with van der Waals surface area (Å²) in [5.41, 5.74) is 0.896. The number of ether oxygens (including phenoxy) is 1. The summed E-state index contributed by atoms with van der Waals surface area (Å²) in [7, 11) is 1.59. The molecule has 3 rings (SSSR count). The SMILES string of the molecule is COc1ccc(Cn2cc3c(F)c(C(=O)NC(C)C)ccc3c2O)cc1. The van der Waals surface area contributed by atoms with Gasteiger partial charge in [0, 0.05) is 23.0 Å². The number of nitrogens with zero attached hydrogens (tertiary/aromatic N) is 1. The van der Waals surface area contributed by atoms with E-state index < -0.39 is 11.7 Å². The lowest BCUT2D eigenvalue weighted by molar-refractivity contribution is 0.0939. The van der Waals surface area contributed by atoms with Gasteiger partial charge in [0.1, 0.15) is 11.6 Å². The molecule has 3 aromatic rings. The molecule has 1 heterocycles. The molecule has 0 saturated carbocycles. The van der Waals surface area contributed by atoms with Crippen molar-refractivity contribution in [2.75, 3.05) is 7.11 Å². The van der Waals surface area contributed by atoms with Crippen LogP contribution in [0.1, 0.15) is 29.8 Å². The van der Waals surface area contributed by atoms with E-state index in [1.165, 1.54) is 12.3 Å². The van der Waals surface area contributed by atoms with Crippen molar-refractivity contribution in [2.45, 2.75) is 26.4 Å². The smallest absolute Gasteiger partial charge is 0.254 e. The van der Waals surface area contributed by atoms with Crippen molar-refractivity contribution in [2.24, 2.45) is 0 Å². The zero-order chi connectivity index (χ0) is 18.8. The van der Waals surface area contributed by atoms with Gasteiger partial charge >= 0.3 is 0 Å². The number of amides is 1. The number of rotatable bonds is 5. The van der Waals surface area contributed by atoms with Crippen LogP contribution in [-0.4, -0.2) is 28.7 Å². The predicted molar refractivity (Wildman–Crippen MR) is 98.3 cm³/mol. The number of carbonyl (C=O) groups excluding carboxylic acids is 1. The van der Waals surface area contributed by atoms with Crippen LogP contribution in [0.15, 0.2) is 42.6 Å². The molecular formula is C20H21FN2O3. The maximum Gasteiger partial charge on any atom is 0.254 e. The predicted octanol–water partition coefficient (Wildman–Crippen LogP) is 3.68. The van der Waals surface area contributed by atoms with E-state index >= 15 is 0 Å². The number of hydrogen-bond donors (Lipinski definition) is 2. The van der Waals surface area contributed by atoms with Gasteiger partial charge in [-0.25, -0.2) is 4.39 Å². The van der Waals surface area contributed by atoms with Crippen LogP contribution in [0, 0.1) is 5.82 Å². The Morgan fingerprint density at radius 1 is 1.19 bits per heavy atom. The number of halogens is 1. The fraction of sp³-hybridized carbons (Fsp3) is 0.250.